The SMILES string of the molecule is O=C(O)N1CCC=C(c2cccnc2)C1. The lowest BCUT2D eigenvalue weighted by atomic mass is 10.0. The van der Waals surface area contributed by atoms with Crippen LogP contribution in [0.3, 0.4) is 0 Å². The number of carbonyl (C=O) groups is 1. The first-order valence-electron chi connectivity index (χ1n) is 4.84. The predicted octanol–water partition coefficient (Wildman–Crippen LogP) is 1.85. The summed E-state index contributed by atoms with van der Waals surface area (Å²) in [5.41, 5.74) is 2.04. The Labute approximate surface area is 87.9 Å². The maximum absolute atomic E-state index is 10.8. The lowest BCUT2D eigenvalue weighted by Gasteiger charge is -2.24. The molecule has 0 aliphatic carbocycles. The van der Waals surface area contributed by atoms with E-state index in [4.69, 9.17) is 5.11 Å². The molecule has 0 aromatic carbocycles. The summed E-state index contributed by atoms with van der Waals surface area (Å²) in [4.78, 5) is 16.3. The van der Waals surface area contributed by atoms with Gasteiger partial charge < -0.3 is 10.0 Å². The van der Waals surface area contributed by atoms with Gasteiger partial charge in [-0.15, -0.1) is 0 Å². The van der Waals surface area contributed by atoms with Gasteiger partial charge in [-0.25, -0.2) is 4.79 Å². The predicted molar refractivity (Wildman–Crippen MR) is 56.4 cm³/mol. The van der Waals surface area contributed by atoms with Crippen LogP contribution in [0.1, 0.15) is 12.0 Å². The van der Waals surface area contributed by atoms with Crippen molar-refractivity contribution in [1.29, 1.82) is 0 Å². The third-order valence-electron chi connectivity index (χ3n) is 2.45. The van der Waals surface area contributed by atoms with E-state index < -0.39 is 6.09 Å². The molecule has 0 spiro atoms. The molecule has 1 aliphatic heterocycles. The zero-order valence-corrected chi connectivity index (χ0v) is 8.26. The van der Waals surface area contributed by atoms with Gasteiger partial charge in [-0.1, -0.05) is 12.1 Å². The molecule has 0 bridgehead atoms. The minimum atomic E-state index is -0.857. The number of pyridine rings is 1. The molecule has 2 rings (SSSR count). The molecular weight excluding hydrogens is 192 g/mol. The van der Waals surface area contributed by atoms with Crippen molar-refractivity contribution in [3.05, 3.63) is 36.2 Å². The summed E-state index contributed by atoms with van der Waals surface area (Å²) in [7, 11) is 0. The highest BCUT2D eigenvalue weighted by molar-refractivity contribution is 5.73. The monoisotopic (exact) mass is 204 g/mol. The van der Waals surface area contributed by atoms with Gasteiger partial charge >= 0.3 is 6.09 Å². The lowest BCUT2D eigenvalue weighted by molar-refractivity contribution is 0.150. The molecule has 0 radical (unpaired) electrons. The van der Waals surface area contributed by atoms with E-state index in [1.807, 2.05) is 12.1 Å². The summed E-state index contributed by atoms with van der Waals surface area (Å²) < 4.78 is 0. The lowest BCUT2D eigenvalue weighted by Crippen LogP contribution is -2.34. The largest absolute Gasteiger partial charge is 0.465 e. The normalized spacial score (nSPS) is 16.0. The van der Waals surface area contributed by atoms with Gasteiger partial charge in [-0.2, -0.15) is 0 Å². The minimum absolute atomic E-state index is 0.459. The van der Waals surface area contributed by atoms with E-state index in [1.54, 1.807) is 12.4 Å². The molecule has 1 amide bonds. The third kappa shape index (κ3) is 2.15. The highest BCUT2D eigenvalue weighted by atomic mass is 16.4. The van der Waals surface area contributed by atoms with E-state index in [0.717, 1.165) is 17.6 Å². The molecule has 0 saturated carbocycles. The van der Waals surface area contributed by atoms with Crippen molar-refractivity contribution in [1.82, 2.24) is 9.88 Å². The number of nitrogens with zero attached hydrogens (tertiary/aromatic N) is 2. The Morgan fingerprint density at radius 2 is 2.40 bits per heavy atom. The van der Waals surface area contributed by atoms with Gasteiger partial charge in [0.25, 0.3) is 0 Å². The van der Waals surface area contributed by atoms with Crippen molar-refractivity contribution in [2.75, 3.05) is 13.1 Å². The average molecular weight is 204 g/mol. The Bertz CT molecular complexity index is 387. The fourth-order valence-corrected chi connectivity index (χ4v) is 1.67. The minimum Gasteiger partial charge on any atom is -0.465 e. The van der Waals surface area contributed by atoms with Crippen molar-refractivity contribution in [3.8, 4) is 0 Å². The van der Waals surface area contributed by atoms with E-state index >= 15 is 0 Å². The first kappa shape index (κ1) is 9.71. The Balaban J connectivity index is 2.18. The second kappa shape index (κ2) is 4.13. The summed E-state index contributed by atoms with van der Waals surface area (Å²) in [6.45, 7) is 1.04. The molecule has 0 unspecified atom stereocenters. The number of amides is 1. The molecule has 1 aromatic heterocycles. The molecule has 0 atom stereocenters. The standard InChI is InChI=1S/C11H12N2O2/c14-11(15)13-6-2-4-10(8-13)9-3-1-5-12-7-9/h1,3-5,7H,2,6,8H2,(H,14,15). The molecule has 2 heterocycles. The fraction of sp³-hybridized carbons (Fsp3) is 0.273. The first-order valence-corrected chi connectivity index (χ1v) is 4.84. The Morgan fingerprint density at radius 3 is 3.07 bits per heavy atom. The first-order chi connectivity index (χ1) is 7.27. The van der Waals surface area contributed by atoms with Crippen LogP contribution in [0.15, 0.2) is 30.6 Å². The van der Waals surface area contributed by atoms with Crippen LogP contribution in [0.5, 0.6) is 0 Å². The fourth-order valence-electron chi connectivity index (χ4n) is 1.67. The van der Waals surface area contributed by atoms with Crippen LogP contribution in [0.25, 0.3) is 5.57 Å². The van der Waals surface area contributed by atoms with Crippen LogP contribution < -0.4 is 0 Å². The van der Waals surface area contributed by atoms with Crippen molar-refractivity contribution >= 4 is 11.7 Å². The van der Waals surface area contributed by atoms with Gasteiger partial charge in [0.15, 0.2) is 0 Å². The van der Waals surface area contributed by atoms with Gasteiger partial charge in [0.2, 0.25) is 0 Å². The number of aromatic nitrogens is 1. The maximum atomic E-state index is 10.8. The molecule has 1 N–H and O–H groups in total. The van der Waals surface area contributed by atoms with Crippen molar-refractivity contribution < 1.29 is 9.90 Å². The molecule has 78 valence electrons. The number of carboxylic acid groups (broad SMARTS) is 1. The van der Waals surface area contributed by atoms with E-state index in [2.05, 4.69) is 11.1 Å². The molecular formula is C11H12N2O2. The van der Waals surface area contributed by atoms with E-state index in [-0.39, 0.29) is 0 Å². The van der Waals surface area contributed by atoms with E-state index in [1.165, 1.54) is 4.90 Å². The van der Waals surface area contributed by atoms with Crippen LogP contribution in [-0.2, 0) is 0 Å². The molecule has 1 aromatic rings. The maximum Gasteiger partial charge on any atom is 0.407 e. The van der Waals surface area contributed by atoms with Crippen molar-refractivity contribution in [2.24, 2.45) is 0 Å². The average Bonchev–Trinajstić information content (AvgIpc) is 2.30. The van der Waals surface area contributed by atoms with Gasteiger partial charge in [-0.05, 0) is 23.6 Å². The zero-order valence-electron chi connectivity index (χ0n) is 8.26. The summed E-state index contributed by atoms with van der Waals surface area (Å²) in [6.07, 6.45) is 5.47. The van der Waals surface area contributed by atoms with Gasteiger partial charge in [0.1, 0.15) is 0 Å². The Kier molecular flexibility index (Phi) is 2.67. The molecule has 4 nitrogen and oxygen atoms in total. The van der Waals surface area contributed by atoms with E-state index in [0.29, 0.717) is 13.1 Å². The number of hydrogen-bond acceptors (Lipinski definition) is 2. The zero-order chi connectivity index (χ0) is 10.7. The van der Waals surface area contributed by atoms with Gasteiger partial charge in [0, 0.05) is 25.5 Å². The second-order valence-electron chi connectivity index (χ2n) is 3.46. The van der Waals surface area contributed by atoms with Crippen LogP contribution in [0.4, 0.5) is 4.79 Å². The Morgan fingerprint density at radius 1 is 1.53 bits per heavy atom. The second-order valence-corrected chi connectivity index (χ2v) is 3.46. The van der Waals surface area contributed by atoms with Gasteiger partial charge in [0.05, 0.1) is 0 Å². The molecule has 1 aliphatic rings. The Hall–Kier alpha value is -1.84. The van der Waals surface area contributed by atoms with Crippen LogP contribution in [0.2, 0.25) is 0 Å². The smallest absolute Gasteiger partial charge is 0.407 e. The highest BCUT2D eigenvalue weighted by Crippen LogP contribution is 2.19. The summed E-state index contributed by atoms with van der Waals surface area (Å²) in [5, 5.41) is 8.89. The van der Waals surface area contributed by atoms with Gasteiger partial charge in [-0.3, -0.25) is 4.98 Å². The summed E-state index contributed by atoms with van der Waals surface area (Å²) in [5.74, 6) is 0. The van der Waals surface area contributed by atoms with Crippen LogP contribution in [0, 0.1) is 0 Å². The number of hydrogen-bond donors (Lipinski definition) is 1. The van der Waals surface area contributed by atoms with Crippen LogP contribution in [-0.4, -0.2) is 34.2 Å². The quantitative estimate of drug-likeness (QED) is 0.759. The summed E-state index contributed by atoms with van der Waals surface area (Å²) in [6, 6.07) is 3.81. The van der Waals surface area contributed by atoms with Crippen LogP contribution >= 0.6 is 0 Å². The molecule has 15 heavy (non-hydrogen) atoms. The molecule has 0 fully saturated rings. The molecule has 4 heteroatoms. The van der Waals surface area contributed by atoms with E-state index in [9.17, 15) is 4.79 Å². The third-order valence-corrected chi connectivity index (χ3v) is 2.45. The topological polar surface area (TPSA) is 53.4 Å². The van der Waals surface area contributed by atoms with Crippen molar-refractivity contribution in [2.45, 2.75) is 6.42 Å². The summed E-state index contributed by atoms with van der Waals surface area (Å²) >= 11 is 0. The molecule has 0 saturated heterocycles. The van der Waals surface area contributed by atoms with Crippen molar-refractivity contribution in [3.63, 3.8) is 0 Å². The number of rotatable bonds is 1. The highest BCUT2D eigenvalue weighted by Gasteiger charge is 2.17.